The van der Waals surface area contributed by atoms with Crippen molar-refractivity contribution in [3.63, 3.8) is 0 Å². The molecule has 0 aliphatic heterocycles. The van der Waals surface area contributed by atoms with Gasteiger partial charge in [-0.2, -0.15) is 0 Å². The standard InChI is InChI=1S/C10H12ClNO2S/c1-8-9(3-2-6-12-8)7-10(4-5-10)15(11,13)14/h2-3,6H,4-5,7H2,1H3. The van der Waals surface area contributed by atoms with Gasteiger partial charge < -0.3 is 0 Å². The van der Waals surface area contributed by atoms with Crippen LogP contribution < -0.4 is 0 Å². The normalized spacial score (nSPS) is 18.8. The number of halogens is 1. The van der Waals surface area contributed by atoms with E-state index in [1.165, 1.54) is 0 Å². The SMILES string of the molecule is Cc1ncccc1CC1(S(=O)(=O)Cl)CC1. The van der Waals surface area contributed by atoms with Crippen molar-refractivity contribution in [2.24, 2.45) is 0 Å². The number of rotatable bonds is 3. The Kier molecular flexibility index (Phi) is 2.51. The molecule has 82 valence electrons. The van der Waals surface area contributed by atoms with Crippen LogP contribution in [0.1, 0.15) is 24.1 Å². The fourth-order valence-corrected chi connectivity index (χ4v) is 3.24. The van der Waals surface area contributed by atoms with Crippen molar-refractivity contribution < 1.29 is 8.42 Å². The van der Waals surface area contributed by atoms with Crippen molar-refractivity contribution in [1.29, 1.82) is 0 Å². The smallest absolute Gasteiger partial charge is 0.238 e. The van der Waals surface area contributed by atoms with Crippen molar-refractivity contribution in [3.05, 3.63) is 29.6 Å². The Balaban J connectivity index is 2.28. The van der Waals surface area contributed by atoms with Gasteiger partial charge >= 0.3 is 0 Å². The second-order valence-electron chi connectivity index (χ2n) is 4.05. The minimum absolute atomic E-state index is 0.485. The molecule has 1 fully saturated rings. The van der Waals surface area contributed by atoms with Crippen LogP contribution in [0.25, 0.3) is 0 Å². The van der Waals surface area contributed by atoms with Crippen molar-refractivity contribution in [3.8, 4) is 0 Å². The minimum Gasteiger partial charge on any atom is -0.261 e. The molecule has 1 saturated carbocycles. The molecule has 2 rings (SSSR count). The maximum atomic E-state index is 11.4. The molecular formula is C10H12ClNO2S. The lowest BCUT2D eigenvalue weighted by Crippen LogP contribution is -2.21. The Morgan fingerprint density at radius 3 is 2.67 bits per heavy atom. The van der Waals surface area contributed by atoms with Crippen LogP contribution in [-0.4, -0.2) is 18.1 Å². The number of hydrogen-bond donors (Lipinski definition) is 0. The number of nitrogens with zero attached hydrogens (tertiary/aromatic N) is 1. The summed E-state index contributed by atoms with van der Waals surface area (Å²) in [5.41, 5.74) is 1.85. The zero-order valence-electron chi connectivity index (χ0n) is 8.40. The summed E-state index contributed by atoms with van der Waals surface area (Å²) in [7, 11) is 1.98. The first-order chi connectivity index (χ1) is 6.95. The summed E-state index contributed by atoms with van der Waals surface area (Å²) >= 11 is 0. The second kappa shape index (κ2) is 3.46. The topological polar surface area (TPSA) is 47.0 Å². The molecule has 5 heteroatoms. The first-order valence-electron chi connectivity index (χ1n) is 4.79. The third kappa shape index (κ3) is 2.01. The van der Waals surface area contributed by atoms with Crippen molar-refractivity contribution >= 4 is 19.7 Å². The van der Waals surface area contributed by atoms with Gasteiger partial charge in [0, 0.05) is 22.6 Å². The van der Waals surface area contributed by atoms with E-state index in [2.05, 4.69) is 4.98 Å². The predicted molar refractivity (Wildman–Crippen MR) is 59.4 cm³/mol. The molecule has 15 heavy (non-hydrogen) atoms. The summed E-state index contributed by atoms with van der Waals surface area (Å²) in [5, 5.41) is 0. The molecule has 1 aliphatic carbocycles. The van der Waals surface area contributed by atoms with Crippen LogP contribution in [0.5, 0.6) is 0 Å². The maximum absolute atomic E-state index is 11.4. The van der Waals surface area contributed by atoms with E-state index in [1.807, 2.05) is 19.1 Å². The summed E-state index contributed by atoms with van der Waals surface area (Å²) in [6.45, 7) is 1.88. The van der Waals surface area contributed by atoms with Gasteiger partial charge in [-0.1, -0.05) is 6.07 Å². The van der Waals surface area contributed by atoms with E-state index in [4.69, 9.17) is 10.7 Å². The molecule has 0 spiro atoms. The number of pyridine rings is 1. The van der Waals surface area contributed by atoms with Gasteiger partial charge in [0.05, 0.1) is 4.75 Å². The lowest BCUT2D eigenvalue weighted by Gasteiger charge is -2.12. The number of aromatic nitrogens is 1. The van der Waals surface area contributed by atoms with E-state index in [9.17, 15) is 8.42 Å². The van der Waals surface area contributed by atoms with Gasteiger partial charge in [0.15, 0.2) is 0 Å². The number of aryl methyl sites for hydroxylation is 1. The van der Waals surface area contributed by atoms with Gasteiger partial charge in [0.1, 0.15) is 0 Å². The molecule has 1 aromatic heterocycles. The van der Waals surface area contributed by atoms with Crippen LogP contribution in [-0.2, 0) is 15.5 Å². The fraction of sp³-hybridized carbons (Fsp3) is 0.500. The molecule has 0 amide bonds. The van der Waals surface area contributed by atoms with Gasteiger partial charge in [-0.05, 0) is 37.8 Å². The first kappa shape index (κ1) is 10.9. The van der Waals surface area contributed by atoms with Crippen molar-refractivity contribution in [2.45, 2.75) is 30.9 Å². The molecule has 0 radical (unpaired) electrons. The number of hydrogen-bond acceptors (Lipinski definition) is 3. The monoisotopic (exact) mass is 245 g/mol. The summed E-state index contributed by atoms with van der Waals surface area (Å²) < 4.78 is 22.0. The molecule has 0 aromatic carbocycles. The van der Waals surface area contributed by atoms with Gasteiger partial charge in [-0.15, -0.1) is 0 Å². The molecule has 0 N–H and O–H groups in total. The van der Waals surface area contributed by atoms with Crippen LogP contribution in [0.15, 0.2) is 18.3 Å². The third-order valence-corrected chi connectivity index (χ3v) is 5.52. The lowest BCUT2D eigenvalue weighted by atomic mass is 10.1. The molecule has 3 nitrogen and oxygen atoms in total. The van der Waals surface area contributed by atoms with E-state index in [-0.39, 0.29) is 0 Å². The van der Waals surface area contributed by atoms with Crippen LogP contribution >= 0.6 is 10.7 Å². The van der Waals surface area contributed by atoms with Crippen LogP contribution in [0.3, 0.4) is 0 Å². The predicted octanol–water partition coefficient (Wildman–Crippen LogP) is 2.03. The summed E-state index contributed by atoms with van der Waals surface area (Å²) in [6, 6.07) is 3.73. The molecule has 0 saturated heterocycles. The van der Waals surface area contributed by atoms with Crippen LogP contribution in [0.4, 0.5) is 0 Å². The molecular weight excluding hydrogens is 234 g/mol. The maximum Gasteiger partial charge on any atom is 0.238 e. The highest BCUT2D eigenvalue weighted by Crippen LogP contribution is 2.48. The van der Waals surface area contributed by atoms with E-state index in [1.54, 1.807) is 6.20 Å². The summed E-state index contributed by atoms with van der Waals surface area (Å²) in [6.07, 6.45) is 3.51. The van der Waals surface area contributed by atoms with Crippen LogP contribution in [0.2, 0.25) is 0 Å². The molecule has 1 heterocycles. The Labute approximate surface area is 93.9 Å². The van der Waals surface area contributed by atoms with E-state index in [0.29, 0.717) is 19.3 Å². The van der Waals surface area contributed by atoms with Gasteiger partial charge in [0.2, 0.25) is 9.05 Å². The molecule has 1 aromatic rings. The third-order valence-electron chi connectivity index (χ3n) is 2.95. The highest BCUT2D eigenvalue weighted by molar-refractivity contribution is 8.15. The molecule has 0 atom stereocenters. The largest absolute Gasteiger partial charge is 0.261 e. The highest BCUT2D eigenvalue weighted by Gasteiger charge is 2.53. The molecule has 0 bridgehead atoms. The van der Waals surface area contributed by atoms with Crippen molar-refractivity contribution in [2.75, 3.05) is 0 Å². The average Bonchev–Trinajstić information content (AvgIpc) is 2.89. The average molecular weight is 246 g/mol. The second-order valence-corrected chi connectivity index (χ2v) is 7.01. The van der Waals surface area contributed by atoms with E-state index >= 15 is 0 Å². The summed E-state index contributed by atoms with van der Waals surface area (Å²) in [5.74, 6) is 0. The van der Waals surface area contributed by atoms with Crippen molar-refractivity contribution in [1.82, 2.24) is 4.98 Å². The minimum atomic E-state index is -3.46. The Morgan fingerprint density at radius 1 is 1.53 bits per heavy atom. The van der Waals surface area contributed by atoms with Crippen LogP contribution in [0, 0.1) is 6.92 Å². The highest BCUT2D eigenvalue weighted by atomic mass is 35.7. The Hall–Kier alpha value is -0.610. The quantitative estimate of drug-likeness (QED) is 0.766. The fourth-order valence-electron chi connectivity index (χ4n) is 1.70. The zero-order chi connectivity index (χ0) is 11.1. The molecule has 1 aliphatic rings. The lowest BCUT2D eigenvalue weighted by molar-refractivity contribution is 0.589. The molecule has 0 unspecified atom stereocenters. The Bertz CT molecular complexity index is 480. The summed E-state index contributed by atoms with van der Waals surface area (Å²) in [4.78, 5) is 4.14. The zero-order valence-corrected chi connectivity index (χ0v) is 9.98. The Morgan fingerprint density at radius 2 is 2.20 bits per heavy atom. The van der Waals surface area contributed by atoms with Gasteiger partial charge in [-0.25, -0.2) is 8.42 Å². The van der Waals surface area contributed by atoms with Gasteiger partial charge in [0.25, 0.3) is 0 Å². The van der Waals surface area contributed by atoms with E-state index < -0.39 is 13.8 Å². The van der Waals surface area contributed by atoms with E-state index in [0.717, 1.165) is 11.3 Å². The first-order valence-corrected chi connectivity index (χ1v) is 7.10. The van der Waals surface area contributed by atoms with Gasteiger partial charge in [-0.3, -0.25) is 4.98 Å².